The summed E-state index contributed by atoms with van der Waals surface area (Å²) in [7, 11) is 0. The van der Waals surface area contributed by atoms with Crippen molar-refractivity contribution in [1.82, 2.24) is 4.90 Å². The van der Waals surface area contributed by atoms with Gasteiger partial charge < -0.3 is 15.3 Å². The topological polar surface area (TPSA) is 86.7 Å². The number of rotatable bonds is 14. The molecular weight excluding hydrogens is 512 g/mol. The molecule has 0 radical (unpaired) electrons. The number of carboxylic acid groups (broad SMARTS) is 1. The van der Waals surface area contributed by atoms with Crippen molar-refractivity contribution in [2.45, 2.75) is 84.7 Å². The molecule has 6 nitrogen and oxygen atoms in total. The van der Waals surface area contributed by atoms with Crippen molar-refractivity contribution in [3.63, 3.8) is 0 Å². The van der Waals surface area contributed by atoms with Crippen molar-refractivity contribution in [3.8, 4) is 11.1 Å². The molecule has 0 aromatic heterocycles. The summed E-state index contributed by atoms with van der Waals surface area (Å²) in [5, 5.41) is 12.6. The van der Waals surface area contributed by atoms with E-state index >= 15 is 0 Å². The maximum absolute atomic E-state index is 13.1. The van der Waals surface area contributed by atoms with E-state index in [1.807, 2.05) is 80.6 Å². The van der Waals surface area contributed by atoms with E-state index in [1.165, 1.54) is 55.4 Å². The highest BCUT2D eigenvalue weighted by molar-refractivity contribution is 6.04. The van der Waals surface area contributed by atoms with Gasteiger partial charge in [-0.3, -0.25) is 9.59 Å². The molecule has 4 rings (SSSR count). The Bertz CT molecular complexity index is 1350. The number of fused-ring (bicyclic) bond motifs is 1. The molecule has 0 bridgehead atoms. The number of anilines is 1. The third-order valence-electron chi connectivity index (χ3n) is 7.92. The third-order valence-corrected chi connectivity index (χ3v) is 7.92. The molecule has 0 saturated heterocycles. The van der Waals surface area contributed by atoms with E-state index in [0.717, 1.165) is 23.1 Å². The summed E-state index contributed by atoms with van der Waals surface area (Å²) < 4.78 is 0. The highest BCUT2D eigenvalue weighted by Crippen LogP contribution is 2.31. The van der Waals surface area contributed by atoms with Gasteiger partial charge in [-0.15, -0.1) is 0 Å². The second kappa shape index (κ2) is 14.1. The van der Waals surface area contributed by atoms with Crippen LogP contribution >= 0.6 is 0 Å². The number of aliphatic carboxylic acids is 1. The van der Waals surface area contributed by atoms with Gasteiger partial charge in [0.1, 0.15) is 6.04 Å². The van der Waals surface area contributed by atoms with Gasteiger partial charge in [-0.05, 0) is 71.3 Å². The van der Waals surface area contributed by atoms with Crippen molar-refractivity contribution < 1.29 is 19.5 Å². The Hall–Kier alpha value is -3.93. The number of amides is 2. The second-order valence-electron chi connectivity index (χ2n) is 11.4. The van der Waals surface area contributed by atoms with Gasteiger partial charge in [0.25, 0.3) is 11.8 Å². The summed E-state index contributed by atoms with van der Waals surface area (Å²) in [5.41, 5.74) is 5.73. The lowest BCUT2D eigenvalue weighted by molar-refractivity contribution is -0.144. The lowest BCUT2D eigenvalue weighted by Gasteiger charge is -2.27. The first-order valence-electron chi connectivity index (χ1n) is 15.0. The van der Waals surface area contributed by atoms with Crippen LogP contribution in [-0.4, -0.2) is 33.8 Å². The van der Waals surface area contributed by atoms with Gasteiger partial charge in [0.05, 0.1) is 0 Å². The molecule has 3 aromatic carbocycles. The monoisotopic (exact) mass is 554 g/mol. The van der Waals surface area contributed by atoms with Crippen molar-refractivity contribution in [2.24, 2.45) is 5.92 Å². The van der Waals surface area contributed by atoms with Crippen molar-refractivity contribution in [2.75, 3.05) is 5.32 Å². The molecule has 41 heavy (non-hydrogen) atoms. The normalized spacial score (nSPS) is 13.4. The van der Waals surface area contributed by atoms with Crippen LogP contribution in [0.4, 0.5) is 5.69 Å². The fraction of sp³-hybridized carbons (Fsp3) is 0.400. The first kappa shape index (κ1) is 30.0. The zero-order valence-electron chi connectivity index (χ0n) is 24.5. The number of aryl methyl sites for hydroxylation is 1. The number of carbonyl (C=O) groups is 3. The van der Waals surface area contributed by atoms with Crippen molar-refractivity contribution in [1.29, 1.82) is 0 Å². The molecule has 216 valence electrons. The lowest BCUT2D eigenvalue weighted by Crippen LogP contribution is -2.44. The fourth-order valence-corrected chi connectivity index (χ4v) is 5.56. The minimum absolute atomic E-state index is 0.151. The molecule has 0 fully saturated rings. The maximum atomic E-state index is 13.1. The molecule has 1 aliphatic heterocycles. The smallest absolute Gasteiger partial charge is 0.326 e. The average molecular weight is 555 g/mol. The molecule has 1 aliphatic rings. The minimum Gasteiger partial charge on any atom is -0.480 e. The zero-order valence-corrected chi connectivity index (χ0v) is 24.5. The summed E-state index contributed by atoms with van der Waals surface area (Å²) in [5.74, 6) is -1.58. The number of hydrogen-bond acceptors (Lipinski definition) is 3. The largest absolute Gasteiger partial charge is 0.480 e. The lowest BCUT2D eigenvalue weighted by atomic mass is 10.00. The van der Waals surface area contributed by atoms with Crippen LogP contribution in [0.5, 0.6) is 0 Å². The molecule has 1 unspecified atom stereocenters. The number of hydrogen-bond donors (Lipinski definition) is 2. The van der Waals surface area contributed by atoms with Crippen LogP contribution in [0.15, 0.2) is 66.7 Å². The van der Waals surface area contributed by atoms with Crippen LogP contribution in [0.25, 0.3) is 11.1 Å². The van der Waals surface area contributed by atoms with Gasteiger partial charge in [0, 0.05) is 23.4 Å². The van der Waals surface area contributed by atoms with Gasteiger partial charge in [0.2, 0.25) is 0 Å². The summed E-state index contributed by atoms with van der Waals surface area (Å²) >= 11 is 0. The Labute approximate surface area is 243 Å². The molecule has 0 spiro atoms. The maximum Gasteiger partial charge on any atom is 0.326 e. The number of carbonyl (C=O) groups excluding carboxylic acids is 2. The number of unbranched alkanes of at least 4 members (excludes halogenated alkanes) is 6. The Morgan fingerprint density at radius 2 is 1.49 bits per heavy atom. The van der Waals surface area contributed by atoms with E-state index < -0.39 is 12.0 Å². The first-order chi connectivity index (χ1) is 19.8. The van der Waals surface area contributed by atoms with Crippen LogP contribution in [0.3, 0.4) is 0 Å². The van der Waals surface area contributed by atoms with E-state index in [-0.39, 0.29) is 17.7 Å². The standard InChI is InChI=1S/C35H42N2O4/c1-4-5-6-7-8-9-10-11-25-12-14-27(15-13-25)33(38)36-30-20-18-26(19-21-30)28-16-17-29-23-37(34(39)31(29)22-28)32(24(2)3)35(40)41/h12-22,24,32H,4-11,23H2,1-3H3,(H,36,38)(H,40,41). The predicted octanol–water partition coefficient (Wildman–Crippen LogP) is 7.96. The van der Waals surface area contributed by atoms with Gasteiger partial charge in [-0.2, -0.15) is 0 Å². The van der Waals surface area contributed by atoms with Gasteiger partial charge in [-0.1, -0.05) is 95.7 Å². The summed E-state index contributed by atoms with van der Waals surface area (Å²) in [6, 6.07) is 20.2. The Morgan fingerprint density at radius 3 is 2.12 bits per heavy atom. The SMILES string of the molecule is CCCCCCCCCc1ccc(C(=O)Nc2ccc(-c3ccc4c(c3)C(=O)N(C(C(=O)O)C(C)C)C4)cc2)cc1. The molecular formula is C35H42N2O4. The van der Waals surface area contributed by atoms with Crippen LogP contribution in [0, 0.1) is 5.92 Å². The van der Waals surface area contributed by atoms with Crippen molar-refractivity contribution >= 4 is 23.5 Å². The van der Waals surface area contributed by atoms with Gasteiger partial charge >= 0.3 is 5.97 Å². The Morgan fingerprint density at radius 1 is 0.854 bits per heavy atom. The number of nitrogens with zero attached hydrogens (tertiary/aromatic N) is 1. The molecule has 1 atom stereocenters. The molecule has 1 heterocycles. The second-order valence-corrected chi connectivity index (χ2v) is 11.4. The average Bonchev–Trinajstić information content (AvgIpc) is 3.27. The van der Waals surface area contributed by atoms with E-state index in [4.69, 9.17) is 0 Å². The van der Waals surface area contributed by atoms with E-state index in [1.54, 1.807) is 0 Å². The van der Waals surface area contributed by atoms with E-state index in [2.05, 4.69) is 12.2 Å². The Kier molecular flexibility index (Phi) is 10.3. The van der Waals surface area contributed by atoms with Crippen LogP contribution in [-0.2, 0) is 17.8 Å². The predicted molar refractivity (Wildman–Crippen MR) is 164 cm³/mol. The van der Waals surface area contributed by atoms with E-state index in [0.29, 0.717) is 23.4 Å². The third kappa shape index (κ3) is 7.63. The van der Waals surface area contributed by atoms with Gasteiger partial charge in [0.15, 0.2) is 0 Å². The molecule has 0 aliphatic carbocycles. The summed E-state index contributed by atoms with van der Waals surface area (Å²) in [6.45, 7) is 6.17. The summed E-state index contributed by atoms with van der Waals surface area (Å²) in [6.07, 6.45) is 10.1. The minimum atomic E-state index is -0.988. The van der Waals surface area contributed by atoms with E-state index in [9.17, 15) is 19.5 Å². The number of nitrogens with one attached hydrogen (secondary N) is 1. The van der Waals surface area contributed by atoms with Gasteiger partial charge in [-0.25, -0.2) is 4.79 Å². The van der Waals surface area contributed by atoms with Crippen LogP contribution < -0.4 is 5.32 Å². The highest BCUT2D eigenvalue weighted by Gasteiger charge is 2.38. The highest BCUT2D eigenvalue weighted by atomic mass is 16.4. The zero-order chi connectivity index (χ0) is 29.4. The molecule has 2 amide bonds. The van der Waals surface area contributed by atoms with Crippen LogP contribution in [0.1, 0.15) is 97.6 Å². The summed E-state index contributed by atoms with van der Waals surface area (Å²) in [4.78, 5) is 39.1. The first-order valence-corrected chi connectivity index (χ1v) is 15.0. The van der Waals surface area contributed by atoms with Crippen LogP contribution in [0.2, 0.25) is 0 Å². The fourth-order valence-electron chi connectivity index (χ4n) is 5.56. The molecule has 0 saturated carbocycles. The van der Waals surface area contributed by atoms with Crippen molar-refractivity contribution in [3.05, 3.63) is 89.0 Å². The quantitative estimate of drug-likeness (QED) is 0.198. The number of benzene rings is 3. The molecule has 6 heteroatoms. The molecule has 3 aromatic rings. The Balaban J connectivity index is 1.32. The molecule has 2 N–H and O–H groups in total. The number of carboxylic acids is 1.